The Morgan fingerprint density at radius 2 is 0.673 bits per heavy atom. The van der Waals surface area contributed by atoms with Crippen LogP contribution in [-0.4, -0.2) is 72.8 Å². The molecule has 0 aliphatic carbocycles. The van der Waals surface area contributed by atoms with E-state index in [9.17, 15) is 0 Å². The van der Waals surface area contributed by atoms with Crippen molar-refractivity contribution in [1.29, 1.82) is 0 Å². The Kier molecular flexibility index (Phi) is 8.04. The molecule has 12 rings (SSSR count). The predicted molar refractivity (Wildman–Crippen MR) is 200 cm³/mol. The Morgan fingerprint density at radius 1 is 0.346 bits per heavy atom. The number of imidazole rings is 2. The Bertz CT molecular complexity index is 2690. The van der Waals surface area contributed by atoms with Gasteiger partial charge in [-0.2, -0.15) is 0 Å². The molecule has 0 saturated carbocycles. The summed E-state index contributed by atoms with van der Waals surface area (Å²) in [6.45, 7) is 0. The molecule has 0 atom stereocenters. The Balaban J connectivity index is 0.000000103. The average Bonchev–Trinajstić information content (AvgIpc) is 4.01. The van der Waals surface area contributed by atoms with Crippen LogP contribution in [0.2, 0.25) is 0 Å². The quantitative estimate of drug-likeness (QED) is 0.119. The maximum atomic E-state index is 4.51. The van der Waals surface area contributed by atoms with Gasteiger partial charge < -0.3 is 9.97 Å². The Hall–Kier alpha value is -6.20. The normalized spacial score (nSPS) is 11.3. The van der Waals surface area contributed by atoms with Crippen molar-refractivity contribution in [3.05, 3.63) is 123 Å². The number of hydrogen-bond acceptors (Lipinski definition) is 10. The van der Waals surface area contributed by atoms with E-state index in [-0.39, 0.29) is 34.4 Å². The number of nitrogens with zero attached hydrogens (tertiary/aromatic N) is 10. The maximum absolute atomic E-state index is 4.51. The second kappa shape index (κ2) is 13.2. The van der Waals surface area contributed by atoms with Gasteiger partial charge >= 0.3 is 122 Å². The van der Waals surface area contributed by atoms with Gasteiger partial charge in [0.1, 0.15) is 34.7 Å². The fourth-order valence-corrected chi connectivity index (χ4v) is 7.89. The zero-order chi connectivity index (χ0) is 33.7. The van der Waals surface area contributed by atoms with Crippen LogP contribution in [0.15, 0.2) is 123 Å². The topological polar surface area (TPSA) is 160 Å². The first-order valence-electron chi connectivity index (χ1n) is 16.0. The van der Waals surface area contributed by atoms with E-state index in [2.05, 4.69) is 57.8 Å². The minimum atomic E-state index is -0.0325. The minimum Gasteiger partial charge on any atom is -0.359 e. The fourth-order valence-electron chi connectivity index (χ4n) is 6.69. The van der Waals surface area contributed by atoms with Gasteiger partial charge in [0.05, 0.1) is 22.1 Å². The van der Waals surface area contributed by atoms with Gasteiger partial charge in [0.15, 0.2) is 0 Å². The molecule has 3 aromatic carbocycles. The smallest absolute Gasteiger partial charge is 0.116 e. The van der Waals surface area contributed by atoms with Gasteiger partial charge in [-0.15, -0.1) is 0 Å². The van der Waals surface area contributed by atoms with Crippen LogP contribution in [-0.2, 0) is 19.5 Å². The first kappa shape index (κ1) is 31.8. The molecule has 0 saturated heterocycles. The average molecular weight is 827 g/mol. The summed E-state index contributed by atoms with van der Waals surface area (Å²) >= 11 is -0.0325. The van der Waals surface area contributed by atoms with Gasteiger partial charge in [-0.05, 0) is 48.5 Å². The molecule has 0 unspecified atom stereocenters. The number of hydrogen-bond donors (Lipinski definition) is 2. The summed E-state index contributed by atoms with van der Waals surface area (Å²) in [5.41, 5.74) is 11.4. The third-order valence-electron chi connectivity index (χ3n) is 8.86. The second-order valence-corrected chi connectivity index (χ2v) is 12.7. The molecule has 0 amide bonds. The summed E-state index contributed by atoms with van der Waals surface area (Å²) in [6, 6.07) is 23.8. The van der Waals surface area contributed by atoms with Crippen molar-refractivity contribution in [3.63, 3.8) is 0 Å². The van der Waals surface area contributed by atoms with E-state index in [1.807, 2.05) is 85.2 Å². The molecular formula is C38H22N12RuSe+3. The zero-order valence-corrected chi connectivity index (χ0v) is 30.2. The molecule has 0 aliphatic rings. The molecule has 0 bridgehead atoms. The molecule has 52 heavy (non-hydrogen) atoms. The van der Waals surface area contributed by atoms with Crippen LogP contribution in [0, 0.1) is 0 Å². The standard InChI is InChI=1S/2C13H8N4.C12H6N4Se.Ru/c2*1-3-8-10(14-5-1)11-9(4-2-6-15-11)13-12(8)16-7-17-13;1-3-7-9(13-5-1)10-8(4-2-6-14-10)12-11(7)15-17-16-12;/h2*1-7,14H;1-6H;/q;;;+3. The molecule has 0 aliphatic heterocycles. The van der Waals surface area contributed by atoms with Gasteiger partial charge in [-0.3, -0.25) is 9.97 Å². The third-order valence-corrected chi connectivity index (χ3v) is 9.96. The summed E-state index contributed by atoms with van der Waals surface area (Å²) in [5, 5.41) is 6.30. The summed E-state index contributed by atoms with van der Waals surface area (Å²) in [7, 11) is 0. The van der Waals surface area contributed by atoms with Crippen molar-refractivity contribution in [3.8, 4) is 0 Å². The van der Waals surface area contributed by atoms with E-state index in [1.165, 1.54) is 0 Å². The van der Waals surface area contributed by atoms with Gasteiger partial charge in [-0.1, -0.05) is 0 Å². The van der Waals surface area contributed by atoms with Crippen LogP contribution in [0.1, 0.15) is 0 Å². The number of rotatable bonds is 0. The zero-order valence-electron chi connectivity index (χ0n) is 26.8. The van der Waals surface area contributed by atoms with E-state index in [4.69, 9.17) is 0 Å². The molecule has 245 valence electrons. The van der Waals surface area contributed by atoms with Crippen molar-refractivity contribution in [2.75, 3.05) is 0 Å². The van der Waals surface area contributed by atoms with Crippen LogP contribution in [0.3, 0.4) is 0 Å². The second-order valence-electron chi connectivity index (χ2n) is 11.6. The minimum absolute atomic E-state index is 0. The molecule has 12 nitrogen and oxygen atoms in total. The predicted octanol–water partition coefficient (Wildman–Crippen LogP) is 7.10. The van der Waals surface area contributed by atoms with E-state index >= 15 is 0 Å². The van der Waals surface area contributed by atoms with Crippen LogP contribution < -0.4 is 0 Å². The number of aromatic nitrogens is 12. The van der Waals surface area contributed by atoms with E-state index in [1.54, 1.807) is 37.4 Å². The van der Waals surface area contributed by atoms with Crippen LogP contribution in [0.5, 0.6) is 0 Å². The number of pyridine rings is 6. The molecule has 1 radical (unpaired) electrons. The molecule has 0 fully saturated rings. The van der Waals surface area contributed by atoms with Gasteiger partial charge in [-0.25, -0.2) is 19.9 Å². The third kappa shape index (κ3) is 5.07. The first-order valence-corrected chi connectivity index (χ1v) is 17.5. The summed E-state index contributed by atoms with van der Waals surface area (Å²) in [5.74, 6) is 0. The number of benzene rings is 3. The number of aromatic amines is 2. The van der Waals surface area contributed by atoms with Crippen LogP contribution >= 0.6 is 0 Å². The molecule has 12 aromatic rings. The molecule has 14 heteroatoms. The van der Waals surface area contributed by atoms with E-state index in [0.29, 0.717) is 0 Å². The fraction of sp³-hybridized carbons (Fsp3) is 0. The first-order chi connectivity index (χ1) is 25.3. The largest absolute Gasteiger partial charge is 0.359 e. The van der Waals surface area contributed by atoms with Crippen molar-refractivity contribution >= 4 is 113 Å². The van der Waals surface area contributed by atoms with Gasteiger partial charge in [0.25, 0.3) is 0 Å². The van der Waals surface area contributed by atoms with Crippen molar-refractivity contribution in [1.82, 2.24) is 57.8 Å². The number of nitrogens with one attached hydrogen (secondary N) is 2. The molecule has 2 N–H and O–H groups in total. The van der Waals surface area contributed by atoms with Crippen molar-refractivity contribution in [2.45, 2.75) is 0 Å². The van der Waals surface area contributed by atoms with Gasteiger partial charge in [0.2, 0.25) is 0 Å². The number of fused-ring (bicyclic) bond motifs is 18. The molecule has 9 aromatic heterocycles. The molecular weight excluding hydrogens is 805 g/mol. The molecule has 0 spiro atoms. The van der Waals surface area contributed by atoms with Gasteiger partial charge in [0, 0.05) is 46.3 Å². The van der Waals surface area contributed by atoms with Crippen molar-refractivity contribution < 1.29 is 19.5 Å². The Labute approximate surface area is 311 Å². The maximum Gasteiger partial charge on any atom is 0.116 e. The number of H-pyrrole nitrogens is 2. The van der Waals surface area contributed by atoms with Crippen LogP contribution in [0.25, 0.3) is 98.5 Å². The molecule has 9 heterocycles. The monoisotopic (exact) mass is 828 g/mol. The van der Waals surface area contributed by atoms with Crippen molar-refractivity contribution in [2.24, 2.45) is 0 Å². The summed E-state index contributed by atoms with van der Waals surface area (Å²) in [4.78, 5) is 41.6. The summed E-state index contributed by atoms with van der Waals surface area (Å²) < 4.78 is 9.01. The Morgan fingerprint density at radius 3 is 1.10 bits per heavy atom. The van der Waals surface area contributed by atoms with E-state index in [0.717, 1.165) is 98.5 Å². The van der Waals surface area contributed by atoms with Crippen LogP contribution in [0.4, 0.5) is 0 Å². The van der Waals surface area contributed by atoms with E-state index < -0.39 is 0 Å². The SMILES string of the molecule is [Ru+3].c1cnc2c(c1)c1n[se]nc1c1cccnc12.c1cnc2c(c1)c1ncnc1c1ccc[nH]c12.c1cnc2c(c1)c1ncnc1c1ccc[nH]c12. The summed E-state index contributed by atoms with van der Waals surface area (Å²) in [6.07, 6.45) is 14.2.